The Morgan fingerprint density at radius 1 is 1.35 bits per heavy atom. The van der Waals surface area contributed by atoms with Gasteiger partial charge in [0.05, 0.1) is 12.7 Å². The standard InChI is InChI=1S/C14H22N2O/c1-16(2)9-8-15-11-14-13-6-4-3-5-12(13)7-10-17-14/h3-6,14-15H,7-11H2,1-2H3. The van der Waals surface area contributed by atoms with Crippen LogP contribution in [0, 0.1) is 0 Å². The van der Waals surface area contributed by atoms with Crippen LogP contribution in [0.4, 0.5) is 0 Å². The molecule has 1 unspecified atom stereocenters. The molecular weight excluding hydrogens is 212 g/mol. The molecule has 0 fully saturated rings. The zero-order valence-electron chi connectivity index (χ0n) is 10.8. The summed E-state index contributed by atoms with van der Waals surface area (Å²) in [6, 6.07) is 8.61. The molecule has 0 aliphatic carbocycles. The first-order valence-corrected chi connectivity index (χ1v) is 6.32. The maximum Gasteiger partial charge on any atom is 0.0952 e. The minimum absolute atomic E-state index is 0.224. The van der Waals surface area contributed by atoms with E-state index >= 15 is 0 Å². The molecule has 0 spiro atoms. The van der Waals surface area contributed by atoms with E-state index in [1.54, 1.807) is 0 Å². The summed E-state index contributed by atoms with van der Waals surface area (Å²) in [6.45, 7) is 3.82. The molecular formula is C14H22N2O. The third kappa shape index (κ3) is 3.53. The number of fused-ring (bicyclic) bond motifs is 1. The summed E-state index contributed by atoms with van der Waals surface area (Å²) in [5, 5.41) is 3.46. The average Bonchev–Trinajstić information content (AvgIpc) is 2.34. The number of hydrogen-bond acceptors (Lipinski definition) is 3. The lowest BCUT2D eigenvalue weighted by Crippen LogP contribution is -2.32. The van der Waals surface area contributed by atoms with E-state index < -0.39 is 0 Å². The lowest BCUT2D eigenvalue weighted by atomic mass is 9.97. The van der Waals surface area contributed by atoms with E-state index in [0.717, 1.165) is 32.7 Å². The first-order chi connectivity index (χ1) is 8.27. The Kier molecular flexibility index (Phi) is 4.54. The normalized spacial score (nSPS) is 19.4. The van der Waals surface area contributed by atoms with E-state index in [0.29, 0.717) is 0 Å². The number of hydrogen-bond donors (Lipinski definition) is 1. The van der Waals surface area contributed by atoms with Crippen molar-refractivity contribution in [3.8, 4) is 0 Å². The lowest BCUT2D eigenvalue weighted by molar-refractivity contribution is 0.0424. The largest absolute Gasteiger partial charge is 0.372 e. The molecule has 17 heavy (non-hydrogen) atoms. The van der Waals surface area contributed by atoms with E-state index in [1.807, 2.05) is 0 Å². The maximum atomic E-state index is 5.84. The van der Waals surface area contributed by atoms with Crippen LogP contribution in [0.3, 0.4) is 0 Å². The first kappa shape index (κ1) is 12.6. The van der Waals surface area contributed by atoms with Crippen LogP contribution in [0.2, 0.25) is 0 Å². The van der Waals surface area contributed by atoms with Crippen molar-refractivity contribution >= 4 is 0 Å². The van der Waals surface area contributed by atoms with E-state index in [4.69, 9.17) is 4.74 Å². The molecule has 1 aromatic carbocycles. The van der Waals surface area contributed by atoms with Crippen molar-refractivity contribution in [1.82, 2.24) is 10.2 Å². The molecule has 3 heteroatoms. The Balaban J connectivity index is 1.86. The van der Waals surface area contributed by atoms with Gasteiger partial charge in [-0.3, -0.25) is 0 Å². The fourth-order valence-electron chi connectivity index (χ4n) is 2.18. The Labute approximate surface area is 104 Å². The van der Waals surface area contributed by atoms with E-state index in [2.05, 4.69) is 48.6 Å². The van der Waals surface area contributed by atoms with Gasteiger partial charge in [-0.1, -0.05) is 24.3 Å². The van der Waals surface area contributed by atoms with Crippen LogP contribution < -0.4 is 5.32 Å². The molecule has 0 saturated heterocycles. The highest BCUT2D eigenvalue weighted by molar-refractivity contribution is 5.31. The van der Waals surface area contributed by atoms with Gasteiger partial charge in [0.25, 0.3) is 0 Å². The van der Waals surface area contributed by atoms with Gasteiger partial charge in [-0.15, -0.1) is 0 Å². The second-order valence-electron chi connectivity index (χ2n) is 4.82. The summed E-state index contributed by atoms with van der Waals surface area (Å²) in [6.07, 6.45) is 1.27. The maximum absolute atomic E-state index is 5.84. The smallest absolute Gasteiger partial charge is 0.0952 e. The second-order valence-corrected chi connectivity index (χ2v) is 4.82. The quantitative estimate of drug-likeness (QED) is 0.781. The van der Waals surface area contributed by atoms with Gasteiger partial charge in [0.15, 0.2) is 0 Å². The van der Waals surface area contributed by atoms with E-state index in [9.17, 15) is 0 Å². The molecule has 1 aromatic rings. The van der Waals surface area contributed by atoms with Gasteiger partial charge in [0, 0.05) is 19.6 Å². The predicted molar refractivity (Wildman–Crippen MR) is 70.3 cm³/mol. The zero-order chi connectivity index (χ0) is 12.1. The molecule has 0 saturated carbocycles. The third-order valence-corrected chi connectivity index (χ3v) is 3.16. The number of ether oxygens (including phenoxy) is 1. The highest BCUT2D eigenvalue weighted by Gasteiger charge is 2.19. The molecule has 94 valence electrons. The van der Waals surface area contributed by atoms with Crippen LogP contribution in [-0.4, -0.2) is 45.2 Å². The third-order valence-electron chi connectivity index (χ3n) is 3.16. The van der Waals surface area contributed by atoms with Crippen molar-refractivity contribution in [2.45, 2.75) is 12.5 Å². The molecule has 0 amide bonds. The Hall–Kier alpha value is -0.900. The van der Waals surface area contributed by atoms with Crippen LogP contribution in [-0.2, 0) is 11.2 Å². The van der Waals surface area contributed by atoms with Crippen molar-refractivity contribution in [2.75, 3.05) is 40.3 Å². The fourth-order valence-corrected chi connectivity index (χ4v) is 2.18. The second kappa shape index (κ2) is 6.15. The van der Waals surface area contributed by atoms with Crippen molar-refractivity contribution in [3.63, 3.8) is 0 Å². The fraction of sp³-hybridized carbons (Fsp3) is 0.571. The molecule has 0 bridgehead atoms. The number of likely N-dealkylation sites (N-methyl/N-ethyl adjacent to an activating group) is 1. The van der Waals surface area contributed by atoms with Gasteiger partial charge < -0.3 is 15.0 Å². The Morgan fingerprint density at radius 2 is 2.18 bits per heavy atom. The van der Waals surface area contributed by atoms with Crippen LogP contribution >= 0.6 is 0 Å². The number of benzene rings is 1. The Morgan fingerprint density at radius 3 is 3.00 bits per heavy atom. The van der Waals surface area contributed by atoms with Crippen molar-refractivity contribution < 1.29 is 4.74 Å². The zero-order valence-corrected chi connectivity index (χ0v) is 10.8. The molecule has 0 aromatic heterocycles. The Bertz CT molecular complexity index is 352. The predicted octanol–water partition coefficient (Wildman–Crippen LogP) is 1.45. The van der Waals surface area contributed by atoms with Crippen LogP contribution in [0.25, 0.3) is 0 Å². The van der Waals surface area contributed by atoms with Crippen molar-refractivity contribution in [3.05, 3.63) is 35.4 Å². The summed E-state index contributed by atoms with van der Waals surface area (Å²) in [4.78, 5) is 2.18. The van der Waals surface area contributed by atoms with Gasteiger partial charge >= 0.3 is 0 Å². The highest BCUT2D eigenvalue weighted by Crippen LogP contribution is 2.25. The highest BCUT2D eigenvalue weighted by atomic mass is 16.5. The number of nitrogens with one attached hydrogen (secondary N) is 1. The molecule has 1 aliphatic heterocycles. The SMILES string of the molecule is CN(C)CCNCC1OCCc2ccccc21. The average molecular weight is 234 g/mol. The van der Waals surface area contributed by atoms with Crippen molar-refractivity contribution in [2.24, 2.45) is 0 Å². The summed E-state index contributed by atoms with van der Waals surface area (Å²) >= 11 is 0. The van der Waals surface area contributed by atoms with Crippen molar-refractivity contribution in [1.29, 1.82) is 0 Å². The van der Waals surface area contributed by atoms with Crippen LogP contribution in [0.5, 0.6) is 0 Å². The summed E-state index contributed by atoms with van der Waals surface area (Å²) in [5.41, 5.74) is 2.80. The molecule has 2 rings (SSSR count). The molecule has 1 N–H and O–H groups in total. The topological polar surface area (TPSA) is 24.5 Å². The van der Waals surface area contributed by atoms with Crippen LogP contribution in [0.1, 0.15) is 17.2 Å². The first-order valence-electron chi connectivity index (χ1n) is 6.32. The van der Waals surface area contributed by atoms with Gasteiger partial charge in [-0.05, 0) is 31.6 Å². The lowest BCUT2D eigenvalue weighted by Gasteiger charge is -2.26. The molecule has 1 heterocycles. The molecule has 0 radical (unpaired) electrons. The summed E-state index contributed by atoms with van der Waals surface area (Å²) in [5.74, 6) is 0. The van der Waals surface area contributed by atoms with Crippen LogP contribution in [0.15, 0.2) is 24.3 Å². The van der Waals surface area contributed by atoms with Gasteiger partial charge in [-0.2, -0.15) is 0 Å². The number of rotatable bonds is 5. The minimum Gasteiger partial charge on any atom is -0.372 e. The van der Waals surface area contributed by atoms with Gasteiger partial charge in [0.1, 0.15) is 0 Å². The minimum atomic E-state index is 0.224. The molecule has 1 atom stereocenters. The number of nitrogens with zero attached hydrogens (tertiary/aromatic N) is 1. The summed E-state index contributed by atoms with van der Waals surface area (Å²) < 4.78 is 5.84. The molecule has 3 nitrogen and oxygen atoms in total. The van der Waals surface area contributed by atoms with Gasteiger partial charge in [-0.25, -0.2) is 0 Å². The monoisotopic (exact) mass is 234 g/mol. The summed E-state index contributed by atoms with van der Waals surface area (Å²) in [7, 11) is 4.18. The van der Waals surface area contributed by atoms with E-state index in [1.165, 1.54) is 11.1 Å². The van der Waals surface area contributed by atoms with Gasteiger partial charge in [0.2, 0.25) is 0 Å². The van der Waals surface area contributed by atoms with E-state index in [-0.39, 0.29) is 6.10 Å². The molecule has 1 aliphatic rings.